The van der Waals surface area contributed by atoms with Crippen molar-refractivity contribution in [3.8, 4) is 0 Å². The number of aromatic amines is 1. The predicted molar refractivity (Wildman–Crippen MR) is 92.4 cm³/mol. The summed E-state index contributed by atoms with van der Waals surface area (Å²) >= 11 is 0. The second kappa shape index (κ2) is 6.36. The molecule has 0 aliphatic carbocycles. The summed E-state index contributed by atoms with van der Waals surface area (Å²) in [4.78, 5) is 20.7. The van der Waals surface area contributed by atoms with Crippen LogP contribution in [0.4, 0.5) is 0 Å². The minimum atomic E-state index is 0.277. The number of H-pyrrole nitrogens is 1. The van der Waals surface area contributed by atoms with E-state index in [-0.39, 0.29) is 5.91 Å². The Kier molecular flexibility index (Phi) is 4.08. The lowest BCUT2D eigenvalue weighted by Crippen LogP contribution is -2.49. The predicted octanol–water partition coefficient (Wildman–Crippen LogP) is 2.80. The van der Waals surface area contributed by atoms with E-state index in [9.17, 15) is 4.79 Å². The number of rotatable bonds is 3. The number of fused-ring (bicyclic) bond motifs is 1. The van der Waals surface area contributed by atoms with Crippen LogP contribution in [0.1, 0.15) is 31.2 Å². The van der Waals surface area contributed by atoms with Gasteiger partial charge in [0.2, 0.25) is 5.91 Å². The number of hydrogen-bond donors (Lipinski definition) is 1. The molecule has 2 aliphatic rings. The van der Waals surface area contributed by atoms with Gasteiger partial charge in [-0.2, -0.15) is 0 Å². The molecule has 1 amide bonds. The Hall–Kier alpha value is -1.81. The highest BCUT2D eigenvalue weighted by atomic mass is 16.2. The second-order valence-corrected chi connectivity index (χ2v) is 6.92. The van der Waals surface area contributed by atoms with Crippen molar-refractivity contribution in [2.75, 3.05) is 26.2 Å². The Labute approximate surface area is 137 Å². The van der Waals surface area contributed by atoms with Gasteiger partial charge in [0.15, 0.2) is 0 Å². The Morgan fingerprint density at radius 2 is 1.96 bits per heavy atom. The number of hydrogen-bond acceptors (Lipinski definition) is 2. The summed E-state index contributed by atoms with van der Waals surface area (Å²) in [7, 11) is 0. The van der Waals surface area contributed by atoms with Gasteiger partial charge in [-0.05, 0) is 50.4 Å². The average molecular weight is 311 g/mol. The van der Waals surface area contributed by atoms with Crippen LogP contribution in [0.2, 0.25) is 0 Å². The minimum absolute atomic E-state index is 0.277. The van der Waals surface area contributed by atoms with Crippen molar-refractivity contribution in [1.82, 2.24) is 14.8 Å². The van der Waals surface area contributed by atoms with Crippen LogP contribution in [-0.2, 0) is 11.2 Å². The van der Waals surface area contributed by atoms with Gasteiger partial charge in [0.25, 0.3) is 0 Å². The van der Waals surface area contributed by atoms with E-state index in [0.717, 1.165) is 30.6 Å². The third-order valence-electron chi connectivity index (χ3n) is 5.42. The molecular weight excluding hydrogens is 286 g/mol. The molecule has 3 heterocycles. The lowest BCUT2D eigenvalue weighted by molar-refractivity contribution is -0.132. The van der Waals surface area contributed by atoms with Crippen molar-refractivity contribution in [3.05, 3.63) is 36.0 Å². The fraction of sp³-hybridized carbons (Fsp3) is 0.526. The number of piperidine rings is 1. The standard InChI is InChI=1S/C19H25N3O/c23-19(12-15-13-20-18-8-2-1-7-17(15)18)22-11-5-6-16(14-22)21-9-3-4-10-21/h1-2,7-8,13,16,20H,3-6,9-12,14H2. The van der Waals surface area contributed by atoms with Gasteiger partial charge in [-0.15, -0.1) is 0 Å². The van der Waals surface area contributed by atoms with Gasteiger partial charge in [-0.3, -0.25) is 9.69 Å². The van der Waals surface area contributed by atoms with Crippen molar-refractivity contribution in [3.63, 3.8) is 0 Å². The quantitative estimate of drug-likeness (QED) is 0.947. The van der Waals surface area contributed by atoms with Crippen LogP contribution in [-0.4, -0.2) is 52.9 Å². The number of carbonyl (C=O) groups is 1. The Bertz CT molecular complexity index is 687. The smallest absolute Gasteiger partial charge is 0.227 e. The van der Waals surface area contributed by atoms with Crippen molar-refractivity contribution < 1.29 is 4.79 Å². The summed E-state index contributed by atoms with van der Waals surface area (Å²) < 4.78 is 0. The first kappa shape index (κ1) is 14.8. The lowest BCUT2D eigenvalue weighted by atomic mass is 10.0. The molecule has 2 aliphatic heterocycles. The minimum Gasteiger partial charge on any atom is -0.361 e. The normalized spacial score (nSPS) is 22.8. The maximum absolute atomic E-state index is 12.8. The number of aromatic nitrogens is 1. The Balaban J connectivity index is 1.44. The van der Waals surface area contributed by atoms with Gasteiger partial charge in [0.1, 0.15) is 0 Å². The maximum atomic E-state index is 12.8. The molecule has 4 heteroatoms. The van der Waals surface area contributed by atoms with Gasteiger partial charge < -0.3 is 9.88 Å². The van der Waals surface area contributed by atoms with Gasteiger partial charge >= 0.3 is 0 Å². The van der Waals surface area contributed by atoms with Crippen molar-refractivity contribution in [2.45, 2.75) is 38.1 Å². The first-order valence-corrected chi connectivity index (χ1v) is 8.88. The zero-order chi connectivity index (χ0) is 15.6. The zero-order valence-electron chi connectivity index (χ0n) is 13.6. The lowest BCUT2D eigenvalue weighted by Gasteiger charge is -2.37. The van der Waals surface area contributed by atoms with E-state index in [1.165, 1.54) is 37.7 Å². The van der Waals surface area contributed by atoms with Crippen molar-refractivity contribution >= 4 is 16.8 Å². The highest BCUT2D eigenvalue weighted by Crippen LogP contribution is 2.23. The van der Waals surface area contributed by atoms with E-state index >= 15 is 0 Å². The number of benzene rings is 1. The van der Waals surface area contributed by atoms with Crippen molar-refractivity contribution in [1.29, 1.82) is 0 Å². The highest BCUT2D eigenvalue weighted by Gasteiger charge is 2.29. The SMILES string of the molecule is O=C(Cc1c[nH]c2ccccc12)N1CCCC(N2CCCC2)C1. The van der Waals surface area contributed by atoms with E-state index in [2.05, 4.69) is 26.9 Å². The molecule has 0 spiro atoms. The molecule has 1 atom stereocenters. The molecule has 2 fully saturated rings. The second-order valence-electron chi connectivity index (χ2n) is 6.92. The number of nitrogens with one attached hydrogen (secondary N) is 1. The van der Waals surface area contributed by atoms with Crippen LogP contribution in [0, 0.1) is 0 Å². The topological polar surface area (TPSA) is 39.3 Å². The van der Waals surface area contributed by atoms with E-state index in [0.29, 0.717) is 12.5 Å². The summed E-state index contributed by atoms with van der Waals surface area (Å²) in [5, 5.41) is 1.17. The molecule has 0 bridgehead atoms. The van der Waals surface area contributed by atoms with E-state index in [1.54, 1.807) is 0 Å². The van der Waals surface area contributed by atoms with E-state index in [1.807, 2.05) is 18.3 Å². The molecule has 4 nitrogen and oxygen atoms in total. The monoisotopic (exact) mass is 311 g/mol. The first-order valence-electron chi connectivity index (χ1n) is 8.88. The molecule has 1 aromatic carbocycles. The third kappa shape index (κ3) is 3.00. The highest BCUT2D eigenvalue weighted by molar-refractivity contribution is 5.88. The molecule has 23 heavy (non-hydrogen) atoms. The van der Waals surface area contributed by atoms with Crippen LogP contribution >= 0.6 is 0 Å². The van der Waals surface area contributed by atoms with Crippen LogP contribution < -0.4 is 0 Å². The van der Waals surface area contributed by atoms with Gasteiger partial charge in [0.05, 0.1) is 6.42 Å². The molecule has 0 saturated carbocycles. The van der Waals surface area contributed by atoms with Crippen molar-refractivity contribution in [2.24, 2.45) is 0 Å². The van der Waals surface area contributed by atoms with E-state index < -0.39 is 0 Å². The largest absolute Gasteiger partial charge is 0.361 e. The number of amides is 1. The van der Waals surface area contributed by atoms with Crippen LogP contribution in [0.5, 0.6) is 0 Å². The maximum Gasteiger partial charge on any atom is 0.227 e. The molecule has 2 aromatic rings. The molecule has 122 valence electrons. The zero-order valence-corrected chi connectivity index (χ0v) is 13.6. The first-order chi connectivity index (χ1) is 11.3. The number of carbonyl (C=O) groups excluding carboxylic acids is 1. The molecule has 0 radical (unpaired) electrons. The molecule has 1 aromatic heterocycles. The third-order valence-corrected chi connectivity index (χ3v) is 5.42. The van der Waals surface area contributed by atoms with Crippen LogP contribution in [0.3, 0.4) is 0 Å². The van der Waals surface area contributed by atoms with Gasteiger partial charge in [0, 0.05) is 36.2 Å². The summed E-state index contributed by atoms with van der Waals surface area (Å²) in [5.41, 5.74) is 2.23. The molecule has 4 rings (SSSR count). The summed E-state index contributed by atoms with van der Waals surface area (Å²) in [6.45, 7) is 4.27. The van der Waals surface area contributed by atoms with Gasteiger partial charge in [-0.25, -0.2) is 0 Å². The fourth-order valence-electron chi connectivity index (χ4n) is 4.14. The average Bonchev–Trinajstić information content (AvgIpc) is 3.25. The number of para-hydroxylation sites is 1. The number of likely N-dealkylation sites (tertiary alicyclic amines) is 2. The molecule has 1 N–H and O–H groups in total. The Morgan fingerprint density at radius 1 is 1.13 bits per heavy atom. The van der Waals surface area contributed by atoms with Gasteiger partial charge in [-0.1, -0.05) is 18.2 Å². The number of nitrogens with zero attached hydrogens (tertiary/aromatic N) is 2. The van der Waals surface area contributed by atoms with Crippen LogP contribution in [0.15, 0.2) is 30.5 Å². The van der Waals surface area contributed by atoms with E-state index in [4.69, 9.17) is 0 Å². The molecular formula is C19H25N3O. The Morgan fingerprint density at radius 3 is 2.83 bits per heavy atom. The van der Waals surface area contributed by atoms with Crippen LogP contribution in [0.25, 0.3) is 10.9 Å². The summed E-state index contributed by atoms with van der Waals surface area (Å²) in [6, 6.07) is 8.80. The summed E-state index contributed by atoms with van der Waals surface area (Å²) in [6.07, 6.45) is 7.53. The summed E-state index contributed by atoms with van der Waals surface area (Å²) in [5.74, 6) is 0.277. The molecule has 2 saturated heterocycles. The fourth-order valence-corrected chi connectivity index (χ4v) is 4.14. The molecule has 1 unspecified atom stereocenters.